The number of amides is 1. The minimum atomic E-state index is -0.387. The van der Waals surface area contributed by atoms with Gasteiger partial charge >= 0.3 is 0 Å². The Hall–Kier alpha value is -1.17. The van der Waals surface area contributed by atoms with Crippen LogP contribution in [0.3, 0.4) is 0 Å². The molecule has 0 bridgehead atoms. The molecule has 0 heterocycles. The van der Waals surface area contributed by atoms with Crippen molar-refractivity contribution in [2.45, 2.75) is 27.9 Å². The fourth-order valence-electron chi connectivity index (χ4n) is 1.76. The van der Waals surface area contributed by atoms with Gasteiger partial charge in [0.2, 0.25) is 0 Å². The van der Waals surface area contributed by atoms with Crippen LogP contribution in [0.15, 0.2) is 25.3 Å². The third-order valence-electron chi connectivity index (χ3n) is 2.52. The van der Waals surface area contributed by atoms with Crippen LogP contribution in [0.2, 0.25) is 0 Å². The Morgan fingerprint density at radius 3 is 1.82 bits per heavy atom. The zero-order valence-electron chi connectivity index (χ0n) is 14.1. The predicted octanol–water partition coefficient (Wildman–Crippen LogP) is 1.85. The molecular formula is C17H41N3O2+2. The van der Waals surface area contributed by atoms with Gasteiger partial charge in [0, 0.05) is 5.57 Å². The first-order chi connectivity index (χ1) is 8.93. The molecule has 0 rings (SSSR count). The fourth-order valence-corrected chi connectivity index (χ4v) is 1.76. The number of hydrogen-bond acceptors (Lipinski definition) is 2. The Morgan fingerprint density at radius 2 is 1.50 bits per heavy atom. The number of carbonyl (C=O) groups is 1. The van der Waals surface area contributed by atoms with Crippen LogP contribution in [0.25, 0.3) is 0 Å². The second kappa shape index (κ2) is 12.4. The van der Waals surface area contributed by atoms with Crippen molar-refractivity contribution in [1.82, 2.24) is 5.32 Å². The minimum Gasteiger partial charge on any atom is -0.382 e. The van der Waals surface area contributed by atoms with Gasteiger partial charge in [-0.1, -0.05) is 21.4 Å². The van der Waals surface area contributed by atoms with Crippen molar-refractivity contribution < 1.29 is 18.9 Å². The van der Waals surface area contributed by atoms with Gasteiger partial charge in [-0.3, -0.25) is 4.79 Å². The van der Waals surface area contributed by atoms with Crippen LogP contribution in [0.1, 0.15) is 21.8 Å². The predicted molar refractivity (Wildman–Crippen MR) is 98.4 cm³/mol. The van der Waals surface area contributed by atoms with Gasteiger partial charge in [-0.15, -0.1) is 13.2 Å². The molecule has 1 amide bonds. The average Bonchev–Trinajstić information content (AvgIpc) is 2.25. The number of quaternary nitrogens is 2. The lowest BCUT2D eigenvalue weighted by molar-refractivity contribution is -0.908. The highest BCUT2D eigenvalue weighted by Crippen LogP contribution is 2.02. The summed E-state index contributed by atoms with van der Waals surface area (Å²) >= 11 is 0. The highest BCUT2D eigenvalue weighted by molar-refractivity contribution is 5.91. The molecule has 0 aromatic rings. The molecule has 5 nitrogen and oxygen atoms in total. The molecule has 0 radical (unpaired) electrons. The zero-order chi connectivity index (χ0) is 16.6. The van der Waals surface area contributed by atoms with Gasteiger partial charge in [0.1, 0.15) is 13.1 Å². The van der Waals surface area contributed by atoms with Gasteiger partial charge in [-0.25, -0.2) is 0 Å². The van der Waals surface area contributed by atoms with E-state index in [1.807, 2.05) is 35.2 Å². The number of carbonyl (C=O) groups excluding carboxylic acids is 1. The van der Waals surface area contributed by atoms with Crippen molar-refractivity contribution in [2.75, 3.05) is 55.0 Å². The molecule has 0 aliphatic carbocycles. The first-order valence-electron chi connectivity index (χ1n) is 6.67. The topological polar surface area (TPSA) is 49.3 Å². The molecule has 0 aromatic heterocycles. The van der Waals surface area contributed by atoms with Crippen molar-refractivity contribution in [3.8, 4) is 0 Å². The summed E-state index contributed by atoms with van der Waals surface area (Å²) in [4.78, 5) is 11.4. The smallest absolute Gasteiger partial charge is 0.250 e. The second-order valence-corrected chi connectivity index (χ2v) is 6.69. The van der Waals surface area contributed by atoms with Gasteiger partial charge in [-0.2, -0.15) is 0 Å². The molecule has 0 saturated carbocycles. The van der Waals surface area contributed by atoms with E-state index in [1.54, 1.807) is 6.92 Å². The number of nitrogens with zero attached hydrogens (tertiary/aromatic N) is 2. The molecule has 0 aromatic carbocycles. The zero-order valence-corrected chi connectivity index (χ0v) is 14.1. The first kappa shape index (κ1) is 28.9. The van der Waals surface area contributed by atoms with Crippen molar-refractivity contribution in [1.29, 1.82) is 0 Å². The lowest BCUT2D eigenvalue weighted by atomic mass is 10.2. The molecule has 0 aliphatic heterocycles. The molecule has 5 heteroatoms. The third-order valence-corrected chi connectivity index (χ3v) is 2.52. The quantitative estimate of drug-likeness (QED) is 0.326. The lowest BCUT2D eigenvalue weighted by Gasteiger charge is -2.34. The Morgan fingerprint density at radius 1 is 1.09 bits per heavy atom. The summed E-state index contributed by atoms with van der Waals surface area (Å²) in [5.74, 6) is -0.137. The summed E-state index contributed by atoms with van der Waals surface area (Å²) < 4.78 is 1.26. The highest BCUT2D eigenvalue weighted by atomic mass is 16.3. The fraction of sp³-hybridized carbons (Fsp3) is 0.706. The van der Waals surface area contributed by atoms with E-state index in [2.05, 4.69) is 25.1 Å². The number of rotatable bonds is 7. The molecule has 0 saturated heterocycles. The summed E-state index contributed by atoms with van der Waals surface area (Å²) in [7, 11) is 10.1. The van der Waals surface area contributed by atoms with Crippen molar-refractivity contribution >= 4 is 5.91 Å². The summed E-state index contributed by atoms with van der Waals surface area (Å²) in [5, 5.41) is 12.8. The number of aliphatic hydroxyl groups excluding tert-OH is 1. The maximum atomic E-state index is 11.4. The minimum absolute atomic E-state index is 0. The van der Waals surface area contributed by atoms with Crippen LogP contribution >= 0.6 is 0 Å². The summed E-state index contributed by atoms with van der Waals surface area (Å²) in [6, 6.07) is 0. The van der Waals surface area contributed by atoms with Gasteiger partial charge < -0.3 is 19.4 Å². The SMILES string of the molecule is C.C.C=C.C=C(C)C(=O)NC[N+](C)(C)CC(O)C[N+](C)(C)C. The van der Waals surface area contributed by atoms with E-state index >= 15 is 0 Å². The van der Waals surface area contributed by atoms with Crippen LogP contribution in [-0.4, -0.2) is 81.1 Å². The third kappa shape index (κ3) is 16.9. The van der Waals surface area contributed by atoms with E-state index in [1.165, 1.54) is 0 Å². The van der Waals surface area contributed by atoms with Gasteiger partial charge in [0.15, 0.2) is 12.8 Å². The van der Waals surface area contributed by atoms with Gasteiger partial charge in [0.05, 0.1) is 35.2 Å². The summed E-state index contributed by atoms with van der Waals surface area (Å²) in [6.45, 7) is 13.1. The van der Waals surface area contributed by atoms with Crippen LogP contribution < -0.4 is 5.32 Å². The number of aliphatic hydroxyl groups is 1. The van der Waals surface area contributed by atoms with Crippen molar-refractivity contribution in [2.24, 2.45) is 0 Å². The van der Waals surface area contributed by atoms with Gasteiger partial charge in [0.25, 0.3) is 5.91 Å². The molecule has 1 atom stereocenters. The molecule has 134 valence electrons. The Kier molecular flexibility index (Phi) is 16.3. The normalized spacial score (nSPS) is 11.8. The van der Waals surface area contributed by atoms with E-state index in [0.29, 0.717) is 29.8 Å². The second-order valence-electron chi connectivity index (χ2n) is 6.69. The average molecular weight is 320 g/mol. The van der Waals surface area contributed by atoms with Crippen LogP contribution in [0.4, 0.5) is 0 Å². The Balaban J connectivity index is -0.000000387. The van der Waals surface area contributed by atoms with Crippen molar-refractivity contribution in [3.63, 3.8) is 0 Å². The largest absolute Gasteiger partial charge is 0.382 e. The van der Waals surface area contributed by atoms with E-state index in [4.69, 9.17) is 0 Å². The maximum absolute atomic E-state index is 11.4. The van der Waals surface area contributed by atoms with E-state index in [0.717, 1.165) is 4.48 Å². The standard InChI is InChI=1S/C13H28N3O2.C2H4.2CH4/c1-11(2)13(18)14-10-16(6,7)9-12(17)8-15(3,4)5;1-2;;/h12,17H,1,8-10H2,2-7H3;1-2H2;2*1H4/q+1;;;/p+1. The number of hydrogen-bond donors (Lipinski definition) is 2. The lowest BCUT2D eigenvalue weighted by Crippen LogP contribution is -2.55. The Labute approximate surface area is 139 Å². The number of likely N-dealkylation sites (N-methyl/N-ethyl adjacent to an activating group) is 2. The molecule has 2 N–H and O–H groups in total. The molecule has 0 fully saturated rings. The Bertz CT molecular complexity index is 320. The van der Waals surface area contributed by atoms with Crippen LogP contribution in [0, 0.1) is 0 Å². The summed E-state index contributed by atoms with van der Waals surface area (Å²) in [5.41, 5.74) is 0.502. The molecule has 0 aliphatic rings. The maximum Gasteiger partial charge on any atom is 0.250 e. The molecule has 0 spiro atoms. The van der Waals surface area contributed by atoms with E-state index in [9.17, 15) is 9.90 Å². The van der Waals surface area contributed by atoms with Crippen LogP contribution in [0.5, 0.6) is 0 Å². The molecule has 22 heavy (non-hydrogen) atoms. The highest BCUT2D eigenvalue weighted by Gasteiger charge is 2.25. The van der Waals surface area contributed by atoms with Gasteiger partial charge in [-0.05, 0) is 6.92 Å². The van der Waals surface area contributed by atoms with E-state index < -0.39 is 0 Å². The first-order valence-corrected chi connectivity index (χ1v) is 6.67. The monoisotopic (exact) mass is 319 g/mol. The number of nitrogens with one attached hydrogen (secondary N) is 1. The summed E-state index contributed by atoms with van der Waals surface area (Å²) in [6.07, 6.45) is -0.387. The van der Waals surface area contributed by atoms with Crippen molar-refractivity contribution in [3.05, 3.63) is 25.3 Å². The van der Waals surface area contributed by atoms with E-state index in [-0.39, 0.29) is 26.9 Å². The molecule has 1 unspecified atom stereocenters. The molecular weight excluding hydrogens is 278 g/mol. The van der Waals surface area contributed by atoms with Crippen LogP contribution in [-0.2, 0) is 4.79 Å².